The number of hydrogen-bond acceptors (Lipinski definition) is 18. The molecule has 22 atom stereocenters. The van der Waals surface area contributed by atoms with E-state index in [0.29, 0.717) is 18.3 Å². The third kappa shape index (κ3) is 7.43. The minimum absolute atomic E-state index is 0.0155. The summed E-state index contributed by atoms with van der Waals surface area (Å²) in [5, 5.41) is 96.5. The number of fused-ring (bicyclic) bond motifs is 5. The molecule has 0 aromatic heterocycles. The molecule has 3 saturated heterocycles. The summed E-state index contributed by atoms with van der Waals surface area (Å²) in [7, 11) is 1.39. The fraction of sp³-hybridized carbons (Fsp3) is 0.881. The fourth-order valence-corrected chi connectivity index (χ4v) is 12.4. The predicted molar refractivity (Wildman–Crippen MR) is 203 cm³/mol. The Morgan fingerprint density at radius 2 is 1.45 bits per heavy atom. The minimum Gasteiger partial charge on any atom is -0.458 e. The van der Waals surface area contributed by atoms with Crippen molar-refractivity contribution in [3.63, 3.8) is 0 Å². The van der Waals surface area contributed by atoms with Gasteiger partial charge >= 0.3 is 5.97 Å². The first-order chi connectivity index (χ1) is 28.4. The Balaban J connectivity index is 0.875. The highest BCUT2D eigenvalue weighted by Gasteiger charge is 2.66. The molecule has 9 N–H and O–H groups in total. The van der Waals surface area contributed by atoms with Crippen molar-refractivity contribution in [1.82, 2.24) is 0 Å². The first-order valence-corrected chi connectivity index (χ1v) is 21.6. The number of esters is 1. The van der Waals surface area contributed by atoms with Crippen molar-refractivity contribution >= 4 is 5.97 Å². The molecule has 60 heavy (non-hydrogen) atoms. The van der Waals surface area contributed by atoms with Crippen LogP contribution in [0.1, 0.15) is 72.1 Å². The summed E-state index contributed by atoms with van der Waals surface area (Å²) in [6.07, 6.45) is -11.1. The van der Waals surface area contributed by atoms with Gasteiger partial charge in [-0.2, -0.15) is 0 Å². The van der Waals surface area contributed by atoms with Crippen molar-refractivity contribution in [2.24, 2.45) is 28.6 Å². The average molecular weight is 857 g/mol. The van der Waals surface area contributed by atoms with Gasteiger partial charge in [-0.3, -0.25) is 0 Å². The van der Waals surface area contributed by atoms with Gasteiger partial charge in [0.2, 0.25) is 0 Å². The third-order valence-electron chi connectivity index (χ3n) is 16.0. The van der Waals surface area contributed by atoms with Crippen LogP contribution in [0.2, 0.25) is 0 Å². The summed E-state index contributed by atoms with van der Waals surface area (Å²) in [6.45, 7) is 5.26. The van der Waals surface area contributed by atoms with E-state index < -0.39 is 116 Å². The van der Waals surface area contributed by atoms with Crippen molar-refractivity contribution in [2.75, 3.05) is 26.9 Å². The van der Waals surface area contributed by atoms with Gasteiger partial charge in [0, 0.05) is 24.2 Å². The predicted octanol–water partition coefficient (Wildman–Crippen LogP) is -1.32. The highest BCUT2D eigenvalue weighted by Crippen LogP contribution is 2.68. The summed E-state index contributed by atoms with van der Waals surface area (Å²) >= 11 is 0. The Morgan fingerprint density at radius 3 is 2.13 bits per heavy atom. The van der Waals surface area contributed by atoms with E-state index in [0.717, 1.165) is 56.1 Å². The maximum Gasteiger partial charge on any atom is 0.331 e. The van der Waals surface area contributed by atoms with Gasteiger partial charge in [0.1, 0.15) is 73.8 Å². The fourth-order valence-electron chi connectivity index (χ4n) is 12.4. The molecule has 340 valence electrons. The lowest BCUT2D eigenvalue weighted by Gasteiger charge is -2.63. The van der Waals surface area contributed by atoms with Gasteiger partial charge in [0.05, 0.1) is 31.0 Å². The van der Waals surface area contributed by atoms with Crippen LogP contribution < -0.4 is 0 Å². The van der Waals surface area contributed by atoms with E-state index in [1.807, 2.05) is 0 Å². The molecule has 0 aromatic carbocycles. The van der Waals surface area contributed by atoms with Crippen LogP contribution in [0.15, 0.2) is 23.3 Å². The third-order valence-corrected chi connectivity index (χ3v) is 16.0. The molecule has 4 heterocycles. The molecule has 0 aromatic rings. The average Bonchev–Trinajstić information content (AvgIpc) is 3.78. The molecule has 4 aliphatic heterocycles. The molecule has 22 unspecified atom stereocenters. The molecule has 0 bridgehead atoms. The molecule has 4 aliphatic carbocycles. The first kappa shape index (κ1) is 44.9. The van der Waals surface area contributed by atoms with E-state index in [4.69, 9.17) is 37.9 Å². The molecule has 0 amide bonds. The summed E-state index contributed by atoms with van der Waals surface area (Å²) < 4.78 is 46.6. The highest BCUT2D eigenvalue weighted by molar-refractivity contribution is 5.86. The van der Waals surface area contributed by atoms with Gasteiger partial charge in [-0.05, 0) is 87.0 Å². The van der Waals surface area contributed by atoms with Crippen molar-refractivity contribution in [3.05, 3.63) is 23.3 Å². The Labute approximate surface area is 348 Å². The molecule has 3 saturated carbocycles. The Hall–Kier alpha value is -1.69. The second-order valence-corrected chi connectivity index (χ2v) is 19.0. The molecule has 8 aliphatic rings. The number of carbonyl (C=O) groups excluding carboxylic acids is 1. The van der Waals surface area contributed by atoms with Gasteiger partial charge in [-0.15, -0.1) is 0 Å². The Kier molecular flexibility index (Phi) is 12.7. The lowest BCUT2D eigenvalue weighted by Crippen LogP contribution is -2.65. The Morgan fingerprint density at radius 1 is 0.767 bits per heavy atom. The van der Waals surface area contributed by atoms with Crippen molar-refractivity contribution in [3.8, 4) is 0 Å². The maximum atomic E-state index is 12.5. The number of hydrogen-bond donors (Lipinski definition) is 9. The van der Waals surface area contributed by atoms with Gasteiger partial charge in [-0.25, -0.2) is 4.79 Å². The Bertz CT molecular complexity index is 1630. The number of rotatable bonds is 10. The van der Waals surface area contributed by atoms with Gasteiger partial charge < -0.3 is 83.9 Å². The molecule has 18 nitrogen and oxygen atoms in total. The van der Waals surface area contributed by atoms with Crippen LogP contribution in [0.5, 0.6) is 0 Å². The van der Waals surface area contributed by atoms with E-state index in [9.17, 15) is 50.8 Å². The standard InChI is InChI=1S/C42H64O18/c1-18-35(60-38-33(50)31(48)29(46)26(59-38)17-55-37-32(49)30(47)28(45)25(15-43)58-37)36(53-4)34(51)39(56-18)57-21-7-10-40(2)20(14-21)5-6-24-23(40)8-11-41(3)22(9-12-42(24,41)52)19-13-27(44)54-16-19/h9,13,18,20-21,23-26,28-39,43,45-52H,5-8,10-12,14-17H2,1-4H3. The number of carbonyl (C=O) groups is 1. The van der Waals surface area contributed by atoms with E-state index in [1.165, 1.54) is 7.11 Å². The van der Waals surface area contributed by atoms with E-state index in [1.54, 1.807) is 13.0 Å². The van der Waals surface area contributed by atoms with Gasteiger partial charge in [0.25, 0.3) is 0 Å². The number of aliphatic hydroxyl groups is 9. The van der Waals surface area contributed by atoms with Crippen LogP contribution in [-0.4, -0.2) is 183 Å². The van der Waals surface area contributed by atoms with E-state index >= 15 is 0 Å². The van der Waals surface area contributed by atoms with Crippen LogP contribution in [-0.2, 0) is 42.7 Å². The van der Waals surface area contributed by atoms with Crippen LogP contribution in [0.25, 0.3) is 0 Å². The number of aliphatic hydroxyl groups excluding tert-OH is 8. The number of methoxy groups -OCH3 is 1. The number of cyclic esters (lactones) is 1. The molecule has 0 spiro atoms. The largest absolute Gasteiger partial charge is 0.458 e. The second kappa shape index (κ2) is 17.0. The zero-order valence-electron chi connectivity index (χ0n) is 34.6. The zero-order chi connectivity index (χ0) is 43.1. The first-order valence-electron chi connectivity index (χ1n) is 21.6. The van der Waals surface area contributed by atoms with Crippen molar-refractivity contribution in [1.29, 1.82) is 0 Å². The molecular formula is C42H64O18. The van der Waals surface area contributed by atoms with Crippen LogP contribution in [0.3, 0.4) is 0 Å². The van der Waals surface area contributed by atoms with E-state index in [-0.39, 0.29) is 30.0 Å². The quantitative estimate of drug-likeness (QED) is 0.0911. The zero-order valence-corrected chi connectivity index (χ0v) is 34.6. The summed E-state index contributed by atoms with van der Waals surface area (Å²) in [4.78, 5) is 11.9. The summed E-state index contributed by atoms with van der Waals surface area (Å²) in [5.74, 6) is 0.443. The lowest BCUT2D eigenvalue weighted by molar-refractivity contribution is -0.367. The SMILES string of the molecule is COC1C(O)C(OC2CCC3(C)C(CCC4C3CCC3(C)C(C5=CC(=O)OC5)=CCC43O)C2)OC(C)C1OC1OC(COC2OC(CO)C(O)C(O)C2O)C(O)C(O)C1O. The van der Waals surface area contributed by atoms with Gasteiger partial charge in [-0.1, -0.05) is 19.9 Å². The van der Waals surface area contributed by atoms with Gasteiger partial charge in [0.15, 0.2) is 18.9 Å². The van der Waals surface area contributed by atoms with Crippen molar-refractivity contribution in [2.45, 2.75) is 176 Å². The van der Waals surface area contributed by atoms with Crippen molar-refractivity contribution < 1.29 is 88.6 Å². The molecular weight excluding hydrogens is 792 g/mol. The van der Waals surface area contributed by atoms with Crippen LogP contribution in [0, 0.1) is 28.6 Å². The van der Waals surface area contributed by atoms with Crippen LogP contribution in [0.4, 0.5) is 0 Å². The maximum absolute atomic E-state index is 12.5. The summed E-state index contributed by atoms with van der Waals surface area (Å²) in [6, 6.07) is 0. The monoisotopic (exact) mass is 856 g/mol. The summed E-state index contributed by atoms with van der Waals surface area (Å²) in [5.41, 5.74) is 0.580. The normalized spacial score (nSPS) is 53.1. The second-order valence-electron chi connectivity index (χ2n) is 19.0. The molecule has 18 heteroatoms. The van der Waals surface area contributed by atoms with E-state index in [2.05, 4.69) is 19.9 Å². The smallest absolute Gasteiger partial charge is 0.331 e. The van der Waals surface area contributed by atoms with Crippen LogP contribution >= 0.6 is 0 Å². The lowest BCUT2D eigenvalue weighted by atomic mass is 9.43. The highest BCUT2D eigenvalue weighted by atomic mass is 16.8. The molecule has 6 fully saturated rings. The molecule has 8 rings (SSSR count). The topological polar surface area (TPSA) is 273 Å². The number of ether oxygens (including phenoxy) is 8. The molecule has 0 radical (unpaired) electrons. The minimum atomic E-state index is -1.77.